The number of benzene rings is 1. The van der Waals surface area contributed by atoms with Crippen LogP contribution in [0.15, 0.2) is 53.1 Å². The maximum absolute atomic E-state index is 10.1. The third-order valence-corrected chi connectivity index (χ3v) is 4.36. The number of aliphatic hydroxyl groups is 1. The van der Waals surface area contributed by atoms with Crippen LogP contribution in [0.25, 0.3) is 0 Å². The number of furan rings is 1. The average molecular weight is 330 g/mol. The second-order valence-electron chi connectivity index (χ2n) is 6.21. The zero-order valence-corrected chi connectivity index (χ0v) is 13.9. The highest BCUT2D eigenvalue weighted by Crippen LogP contribution is 2.24. The number of aliphatic hydroxyl groups excluding tert-OH is 1. The SMILES string of the molecule is O[C@@H](CNC[C@@H](c1ccco1)N1CCCC1)COc1ccccc1. The van der Waals surface area contributed by atoms with Crippen molar-refractivity contribution in [3.63, 3.8) is 0 Å². The van der Waals surface area contributed by atoms with Crippen molar-refractivity contribution in [2.24, 2.45) is 0 Å². The van der Waals surface area contributed by atoms with Crippen molar-refractivity contribution in [1.82, 2.24) is 10.2 Å². The molecule has 0 aliphatic carbocycles. The van der Waals surface area contributed by atoms with Crippen LogP contribution in [0.4, 0.5) is 0 Å². The highest BCUT2D eigenvalue weighted by molar-refractivity contribution is 5.20. The van der Waals surface area contributed by atoms with Gasteiger partial charge in [0.15, 0.2) is 0 Å². The molecule has 1 fully saturated rings. The topological polar surface area (TPSA) is 57.9 Å². The molecule has 3 rings (SSSR count). The molecule has 24 heavy (non-hydrogen) atoms. The van der Waals surface area contributed by atoms with Crippen molar-refractivity contribution in [3.8, 4) is 5.75 Å². The second-order valence-corrected chi connectivity index (χ2v) is 6.21. The van der Waals surface area contributed by atoms with Crippen LogP contribution in [0.2, 0.25) is 0 Å². The fourth-order valence-corrected chi connectivity index (χ4v) is 3.10. The summed E-state index contributed by atoms with van der Waals surface area (Å²) in [7, 11) is 0. The fraction of sp³-hybridized carbons (Fsp3) is 0.474. The van der Waals surface area contributed by atoms with E-state index < -0.39 is 6.10 Å². The minimum atomic E-state index is -0.541. The van der Waals surface area contributed by atoms with Crippen LogP contribution in [0.1, 0.15) is 24.6 Å². The molecule has 0 unspecified atom stereocenters. The Hall–Kier alpha value is -1.82. The number of ether oxygens (including phenoxy) is 1. The largest absolute Gasteiger partial charge is 0.491 e. The summed E-state index contributed by atoms with van der Waals surface area (Å²) in [5, 5.41) is 13.4. The van der Waals surface area contributed by atoms with Crippen molar-refractivity contribution >= 4 is 0 Å². The van der Waals surface area contributed by atoms with Crippen molar-refractivity contribution in [2.75, 3.05) is 32.8 Å². The van der Waals surface area contributed by atoms with Crippen LogP contribution < -0.4 is 10.1 Å². The van der Waals surface area contributed by atoms with Gasteiger partial charge in [-0.15, -0.1) is 0 Å². The number of hydrogen-bond acceptors (Lipinski definition) is 5. The first kappa shape index (κ1) is 17.0. The average Bonchev–Trinajstić information content (AvgIpc) is 3.31. The summed E-state index contributed by atoms with van der Waals surface area (Å²) in [6, 6.07) is 13.7. The van der Waals surface area contributed by atoms with Gasteiger partial charge in [-0.1, -0.05) is 18.2 Å². The summed E-state index contributed by atoms with van der Waals surface area (Å²) < 4.78 is 11.2. The molecule has 0 radical (unpaired) electrons. The first-order valence-electron chi connectivity index (χ1n) is 8.67. The van der Waals surface area contributed by atoms with Crippen molar-refractivity contribution < 1.29 is 14.3 Å². The van der Waals surface area contributed by atoms with Gasteiger partial charge in [0, 0.05) is 13.1 Å². The van der Waals surface area contributed by atoms with Crippen LogP contribution in [0.3, 0.4) is 0 Å². The molecule has 5 nitrogen and oxygen atoms in total. The van der Waals surface area contributed by atoms with Crippen molar-refractivity contribution in [2.45, 2.75) is 25.0 Å². The Kier molecular flexibility index (Phi) is 6.29. The van der Waals surface area contributed by atoms with E-state index in [-0.39, 0.29) is 12.6 Å². The molecule has 1 aromatic heterocycles. The van der Waals surface area contributed by atoms with Gasteiger partial charge in [-0.25, -0.2) is 0 Å². The molecule has 1 aromatic carbocycles. The summed E-state index contributed by atoms with van der Waals surface area (Å²) in [5.41, 5.74) is 0. The van der Waals surface area contributed by atoms with Gasteiger partial charge < -0.3 is 19.6 Å². The smallest absolute Gasteiger partial charge is 0.122 e. The van der Waals surface area contributed by atoms with Gasteiger partial charge >= 0.3 is 0 Å². The van der Waals surface area contributed by atoms with E-state index in [0.29, 0.717) is 6.54 Å². The summed E-state index contributed by atoms with van der Waals surface area (Å²) >= 11 is 0. The lowest BCUT2D eigenvalue weighted by Gasteiger charge is -2.26. The fourth-order valence-electron chi connectivity index (χ4n) is 3.10. The van der Waals surface area contributed by atoms with E-state index in [0.717, 1.165) is 31.1 Å². The van der Waals surface area contributed by atoms with E-state index in [1.54, 1.807) is 6.26 Å². The molecule has 0 bridgehead atoms. The lowest BCUT2D eigenvalue weighted by Crippen LogP contribution is -2.38. The van der Waals surface area contributed by atoms with Crippen LogP contribution >= 0.6 is 0 Å². The van der Waals surface area contributed by atoms with Gasteiger partial charge in [0.25, 0.3) is 0 Å². The lowest BCUT2D eigenvalue weighted by molar-refractivity contribution is 0.103. The molecular formula is C19H26N2O3. The first-order chi connectivity index (χ1) is 11.8. The van der Waals surface area contributed by atoms with E-state index in [4.69, 9.17) is 9.15 Å². The molecule has 2 N–H and O–H groups in total. The highest BCUT2D eigenvalue weighted by atomic mass is 16.5. The number of nitrogens with one attached hydrogen (secondary N) is 1. The Labute approximate surface area is 143 Å². The van der Waals surface area contributed by atoms with E-state index >= 15 is 0 Å². The predicted octanol–water partition coefficient (Wildman–Crippen LogP) is 2.45. The number of rotatable bonds is 9. The molecule has 0 saturated carbocycles. The van der Waals surface area contributed by atoms with Crippen molar-refractivity contribution in [3.05, 3.63) is 54.5 Å². The van der Waals surface area contributed by atoms with E-state index in [2.05, 4.69) is 10.2 Å². The maximum Gasteiger partial charge on any atom is 0.122 e. The van der Waals surface area contributed by atoms with E-state index in [1.165, 1.54) is 12.8 Å². The van der Waals surface area contributed by atoms with Gasteiger partial charge in [0.2, 0.25) is 0 Å². The Bertz CT molecular complexity index is 568. The molecule has 1 aliphatic heterocycles. The zero-order valence-electron chi connectivity index (χ0n) is 13.9. The van der Waals surface area contributed by atoms with Gasteiger partial charge in [0.05, 0.1) is 12.3 Å². The normalized spacial score (nSPS) is 17.7. The Morgan fingerprint density at radius 1 is 1.08 bits per heavy atom. The minimum Gasteiger partial charge on any atom is -0.491 e. The second kappa shape index (κ2) is 8.87. The molecule has 0 spiro atoms. The molecule has 5 heteroatoms. The summed E-state index contributed by atoms with van der Waals surface area (Å²) in [6.45, 7) is 3.75. The van der Waals surface area contributed by atoms with Crippen molar-refractivity contribution in [1.29, 1.82) is 0 Å². The van der Waals surface area contributed by atoms with Crippen LogP contribution in [0, 0.1) is 0 Å². The number of para-hydroxylation sites is 1. The molecule has 0 amide bonds. The van der Waals surface area contributed by atoms with Crippen LogP contribution in [-0.4, -0.2) is 48.9 Å². The van der Waals surface area contributed by atoms with E-state index in [9.17, 15) is 5.11 Å². The summed E-state index contributed by atoms with van der Waals surface area (Å²) in [6.07, 6.45) is 3.66. The lowest BCUT2D eigenvalue weighted by atomic mass is 10.2. The minimum absolute atomic E-state index is 0.227. The van der Waals surface area contributed by atoms with Crippen LogP contribution in [-0.2, 0) is 0 Å². The predicted molar refractivity (Wildman–Crippen MR) is 93.1 cm³/mol. The van der Waals surface area contributed by atoms with E-state index in [1.807, 2.05) is 42.5 Å². The first-order valence-corrected chi connectivity index (χ1v) is 8.67. The quantitative estimate of drug-likeness (QED) is 0.740. The summed E-state index contributed by atoms with van der Waals surface area (Å²) in [5.74, 6) is 1.77. The Morgan fingerprint density at radius 3 is 2.58 bits per heavy atom. The van der Waals surface area contributed by atoms with Gasteiger partial charge in [-0.3, -0.25) is 4.90 Å². The number of hydrogen-bond donors (Lipinski definition) is 2. The molecule has 2 aromatic rings. The number of likely N-dealkylation sites (tertiary alicyclic amines) is 1. The molecular weight excluding hydrogens is 304 g/mol. The Balaban J connectivity index is 1.43. The maximum atomic E-state index is 10.1. The molecule has 1 aliphatic rings. The zero-order chi connectivity index (χ0) is 16.6. The number of nitrogens with zero attached hydrogens (tertiary/aromatic N) is 1. The highest BCUT2D eigenvalue weighted by Gasteiger charge is 2.25. The molecule has 2 atom stereocenters. The molecule has 2 heterocycles. The van der Waals surface area contributed by atoms with Gasteiger partial charge in [-0.2, -0.15) is 0 Å². The van der Waals surface area contributed by atoms with Gasteiger partial charge in [0.1, 0.15) is 24.2 Å². The summed E-state index contributed by atoms with van der Waals surface area (Å²) in [4.78, 5) is 2.44. The third-order valence-electron chi connectivity index (χ3n) is 4.36. The Morgan fingerprint density at radius 2 is 1.88 bits per heavy atom. The van der Waals surface area contributed by atoms with Gasteiger partial charge in [-0.05, 0) is 50.2 Å². The monoisotopic (exact) mass is 330 g/mol. The molecule has 1 saturated heterocycles. The van der Waals surface area contributed by atoms with Crippen LogP contribution in [0.5, 0.6) is 5.75 Å². The molecule has 130 valence electrons. The third kappa shape index (κ3) is 4.84. The standard InChI is InChI=1S/C19H26N2O3/c22-16(15-24-17-7-2-1-3-8-17)13-20-14-18(19-9-6-12-23-19)21-10-4-5-11-21/h1-3,6-9,12,16,18,20,22H,4-5,10-11,13-15H2/t16-,18-/m0/s1.